The highest BCUT2D eigenvalue weighted by atomic mass is 32.1. The monoisotopic (exact) mass is 1320 g/mol. The highest BCUT2D eigenvalue weighted by molar-refractivity contribution is 7.22. The number of aliphatic hydroxyl groups is 3. The normalized spacial score (nSPS) is 25.1. The third-order valence-corrected chi connectivity index (χ3v) is 19.4. The predicted molar refractivity (Wildman–Crippen MR) is 341 cm³/mol. The van der Waals surface area contributed by atoms with Crippen molar-refractivity contribution in [1.82, 2.24) is 39.8 Å². The third kappa shape index (κ3) is 14.0. The van der Waals surface area contributed by atoms with Gasteiger partial charge in [-0.3, -0.25) is 34.1 Å². The molecule has 3 aromatic carbocycles. The van der Waals surface area contributed by atoms with E-state index < -0.39 is 72.1 Å². The quantitative estimate of drug-likeness (QED) is 0.0213. The van der Waals surface area contributed by atoms with Gasteiger partial charge >= 0.3 is 18.0 Å². The summed E-state index contributed by atoms with van der Waals surface area (Å²) in [5, 5.41) is 63.2. The van der Waals surface area contributed by atoms with Gasteiger partial charge in [-0.2, -0.15) is 5.10 Å². The van der Waals surface area contributed by atoms with Crippen molar-refractivity contribution in [2.24, 2.45) is 16.2 Å². The first-order chi connectivity index (χ1) is 45.4. The van der Waals surface area contributed by atoms with E-state index >= 15 is 0 Å². The second-order valence-corrected chi connectivity index (χ2v) is 27.2. The van der Waals surface area contributed by atoms with Gasteiger partial charge in [0.05, 0.1) is 64.3 Å². The summed E-state index contributed by atoms with van der Waals surface area (Å²) in [5.41, 5.74) is 3.94. The number of H-pyrrole nitrogens is 1. The first-order valence-corrected chi connectivity index (χ1v) is 32.0. The van der Waals surface area contributed by atoms with Crippen LogP contribution in [0.5, 0.6) is 11.5 Å². The fourth-order valence-electron chi connectivity index (χ4n) is 15.3. The van der Waals surface area contributed by atoms with Crippen molar-refractivity contribution < 1.29 is 87.5 Å². The molecule has 4 saturated carbocycles. The van der Waals surface area contributed by atoms with Gasteiger partial charge in [0.1, 0.15) is 43.0 Å². The molecular weight excluding hydrogens is 1250 g/mol. The summed E-state index contributed by atoms with van der Waals surface area (Å²) in [6.07, 6.45) is -0.744. The van der Waals surface area contributed by atoms with Crippen molar-refractivity contribution in [3.63, 3.8) is 0 Å². The number of hydrogen-bond donors (Lipinski definition) is 8. The van der Waals surface area contributed by atoms with Crippen molar-refractivity contribution in [3.8, 4) is 34.0 Å². The Morgan fingerprint density at radius 3 is 2.35 bits per heavy atom. The molecule has 28 heteroatoms. The summed E-state index contributed by atoms with van der Waals surface area (Å²) in [7, 11) is 1.60. The second-order valence-electron chi connectivity index (χ2n) is 26.1. The number of rotatable bonds is 26. The molecule has 5 amide bonds. The Balaban J connectivity index is 0.671. The summed E-state index contributed by atoms with van der Waals surface area (Å²) in [4.78, 5) is 103. The van der Waals surface area contributed by atoms with Crippen LogP contribution in [-0.4, -0.2) is 191 Å². The van der Waals surface area contributed by atoms with Crippen LogP contribution in [0.2, 0.25) is 0 Å². The molecule has 13 rings (SSSR count). The van der Waals surface area contributed by atoms with Gasteiger partial charge in [0, 0.05) is 85.6 Å². The summed E-state index contributed by atoms with van der Waals surface area (Å²) >= 11 is 1.38. The molecule has 1 saturated heterocycles. The van der Waals surface area contributed by atoms with Crippen molar-refractivity contribution in [3.05, 3.63) is 120 Å². The number of aromatic carboxylic acids is 1. The number of para-hydroxylation sites is 2. The summed E-state index contributed by atoms with van der Waals surface area (Å²) in [6, 6.07) is 22.7. The molecule has 4 bridgehead atoms. The number of likely N-dealkylation sites (N-methyl/N-ethyl adjacent to an activating group) is 1. The lowest BCUT2D eigenvalue weighted by molar-refractivity contribution is -0.271. The Kier molecular flexibility index (Phi) is 18.4. The van der Waals surface area contributed by atoms with Crippen LogP contribution in [-0.2, 0) is 51.3 Å². The van der Waals surface area contributed by atoms with Crippen LogP contribution in [0.25, 0.3) is 43.6 Å². The number of anilines is 1. The van der Waals surface area contributed by atoms with Crippen LogP contribution in [0.15, 0.2) is 97.2 Å². The number of amides is 5. The van der Waals surface area contributed by atoms with Gasteiger partial charge in [-0.25, -0.2) is 24.4 Å². The number of nitrogens with one attached hydrogen (secondary N) is 3. The van der Waals surface area contributed by atoms with Crippen LogP contribution in [0.1, 0.15) is 90.9 Å². The van der Waals surface area contributed by atoms with E-state index in [0.29, 0.717) is 50.8 Å². The molecular formula is C67H73N9O18S. The fraction of sp³-hybridized carbons (Fsp3) is 0.433. The Labute approximate surface area is 547 Å². The molecule has 7 atom stereocenters. The molecule has 95 heavy (non-hydrogen) atoms. The summed E-state index contributed by atoms with van der Waals surface area (Å²) in [5.74, 6) is -4.37. The number of hydrogen-bond acceptors (Lipinski definition) is 20. The number of aliphatic carboxylic acids is 1. The van der Waals surface area contributed by atoms with Gasteiger partial charge in [-0.15, -0.1) is 0 Å². The molecule has 7 aromatic rings. The summed E-state index contributed by atoms with van der Waals surface area (Å²) in [6.45, 7) is 7.38. The van der Waals surface area contributed by atoms with Crippen molar-refractivity contribution >= 4 is 79.2 Å². The molecule has 27 nitrogen and oxygen atoms in total. The number of imide groups is 1. The molecule has 6 heterocycles. The number of carbonyl (C=O) groups is 7. The van der Waals surface area contributed by atoms with Crippen LogP contribution < -0.4 is 20.1 Å². The van der Waals surface area contributed by atoms with Crippen LogP contribution in [0, 0.1) is 23.2 Å². The van der Waals surface area contributed by atoms with E-state index in [1.807, 2.05) is 48.0 Å². The van der Waals surface area contributed by atoms with Crippen molar-refractivity contribution in [1.29, 1.82) is 0 Å². The largest absolute Gasteiger partial charge is 0.491 e. The molecule has 6 aliphatic rings. The zero-order chi connectivity index (χ0) is 67.1. The minimum Gasteiger partial charge on any atom is -0.491 e. The highest BCUT2D eigenvalue weighted by Crippen LogP contribution is 2.72. The van der Waals surface area contributed by atoms with E-state index in [1.165, 1.54) is 34.4 Å². The minimum atomic E-state index is -1.94. The maximum atomic E-state index is 13.7. The third-order valence-electron chi connectivity index (χ3n) is 18.4. The van der Waals surface area contributed by atoms with Crippen LogP contribution in [0.3, 0.4) is 0 Å². The van der Waals surface area contributed by atoms with E-state index in [9.17, 15) is 59.1 Å². The van der Waals surface area contributed by atoms with Gasteiger partial charge in [-0.05, 0) is 110 Å². The zero-order valence-electron chi connectivity index (χ0n) is 52.6. The lowest BCUT2D eigenvalue weighted by atomic mass is 9.39. The minimum absolute atomic E-state index is 0.00371. The number of nitrogens with zero attached hydrogens (tertiary/aromatic N) is 6. The van der Waals surface area contributed by atoms with Gasteiger partial charge in [0.2, 0.25) is 12.2 Å². The summed E-state index contributed by atoms with van der Waals surface area (Å²) < 4.78 is 38.5. The Hall–Kier alpha value is -9.16. The number of thiazole rings is 1. The number of ether oxygens (including phenoxy) is 6. The number of carboxylic acids is 2. The van der Waals surface area contributed by atoms with E-state index in [-0.39, 0.29) is 98.4 Å². The van der Waals surface area contributed by atoms with E-state index in [4.69, 9.17) is 33.5 Å². The van der Waals surface area contributed by atoms with E-state index in [0.717, 1.165) is 76.9 Å². The van der Waals surface area contributed by atoms with E-state index in [1.54, 1.807) is 37.5 Å². The van der Waals surface area contributed by atoms with E-state index in [2.05, 4.69) is 39.4 Å². The standard InChI is InChI=1S/C67H73N9O18S/c1-37-43(41-14-15-44(70-53(41)59(84)85)46-26-38-8-7-9-42(52(38)71-46)58(83)73-62-72-45-10-5-6-11-48(45)95-62)28-69-76(37)36-66-31-64(2)30-65(3,32-66)34-67(33-64,35-66)92-23-21-74(4)63(88)91-29-39-12-13-40(93-61-56(82)54(80)55(81)57(94-61)60(86)87)27-47(39)90-25-24-89-22-19-68-49(77)18-20-75-50(78)16-17-51(75)79/h5-17,26-28,54-57,61,71,80-82H,18-25,29-36H2,1-4H3,(H,68,77)(H,84,85)(H,86,87)(H,72,73,83)/t54-,55-,56+,57-,61+,64?,65?,66?,67?/m0/s1. The lowest BCUT2D eigenvalue weighted by Gasteiger charge is -2.69. The van der Waals surface area contributed by atoms with Gasteiger partial charge in [0.15, 0.2) is 16.9 Å². The lowest BCUT2D eigenvalue weighted by Crippen LogP contribution is -2.64. The highest BCUT2D eigenvalue weighted by Gasteiger charge is 2.66. The van der Waals surface area contributed by atoms with Crippen molar-refractivity contribution in [2.45, 2.75) is 115 Å². The average molecular weight is 1320 g/mol. The van der Waals surface area contributed by atoms with Gasteiger partial charge < -0.3 is 69.2 Å². The fourth-order valence-corrected chi connectivity index (χ4v) is 16.2. The van der Waals surface area contributed by atoms with Crippen LogP contribution >= 0.6 is 11.3 Å². The average Bonchev–Trinajstić information content (AvgIpc) is 1.08. The molecule has 2 aliphatic heterocycles. The SMILES string of the molecule is Cc1c(-c2ccc(-c3cc4cccc(C(=O)Nc5nc6ccccc6s5)c4[nH]3)nc2C(=O)O)cnn1CC12CC3(C)CC(C)(C1)CC(OCCN(C)C(=O)OCc1ccc(O[C@@H]4O[C@H](C(=O)O)[C@@H](O)[C@H](O)[C@H]4O)cc1OCCOCCNC(=O)CCN1C(=O)C=CC1=O)(C3)C2. The molecule has 8 N–H and O–H groups in total. The smallest absolute Gasteiger partial charge is 0.409 e. The topological polar surface area (TPSA) is 366 Å². The number of fused-ring (bicyclic) bond motifs is 2. The first-order valence-electron chi connectivity index (χ1n) is 31.2. The van der Waals surface area contributed by atoms with Gasteiger partial charge in [0.25, 0.3) is 17.7 Å². The molecule has 4 aliphatic carbocycles. The number of carboxylic acid groups (broad SMARTS) is 2. The molecule has 4 aromatic heterocycles. The Morgan fingerprint density at radius 2 is 1.60 bits per heavy atom. The number of benzene rings is 3. The maximum Gasteiger partial charge on any atom is 0.409 e. The molecule has 2 unspecified atom stereocenters. The number of aromatic nitrogens is 5. The maximum absolute atomic E-state index is 13.7. The number of carbonyl (C=O) groups excluding carboxylic acids is 5. The second kappa shape index (κ2) is 26.6. The first kappa shape index (κ1) is 65.9. The van der Waals surface area contributed by atoms with Crippen molar-refractivity contribution in [2.75, 3.05) is 58.4 Å². The van der Waals surface area contributed by atoms with Gasteiger partial charge in [-0.1, -0.05) is 49.4 Å². The molecule has 500 valence electrons. The number of aliphatic hydroxyl groups excluding tert-OH is 3. The number of pyridine rings is 1. The number of aromatic amines is 1. The molecule has 0 radical (unpaired) electrons. The Morgan fingerprint density at radius 1 is 0.832 bits per heavy atom. The predicted octanol–water partition coefficient (Wildman–Crippen LogP) is 6.46. The Bertz CT molecular complexity index is 4110. The van der Waals surface area contributed by atoms with Crippen LogP contribution in [0.4, 0.5) is 9.93 Å². The zero-order valence-corrected chi connectivity index (χ0v) is 53.4. The molecule has 0 spiro atoms. The molecule has 5 fully saturated rings.